The summed E-state index contributed by atoms with van der Waals surface area (Å²) in [6.07, 6.45) is 26.9. The lowest BCUT2D eigenvalue weighted by atomic mass is 10.0. The van der Waals surface area contributed by atoms with Crippen molar-refractivity contribution in [1.82, 2.24) is 0 Å². The van der Waals surface area contributed by atoms with Crippen molar-refractivity contribution >= 4 is 51.3 Å². The van der Waals surface area contributed by atoms with Crippen molar-refractivity contribution in [3.8, 4) is 11.5 Å². The maximum absolute atomic E-state index is 11.1. The zero-order chi connectivity index (χ0) is 78.7. The molecule has 0 aliphatic rings. The Labute approximate surface area is 632 Å². The van der Waals surface area contributed by atoms with Crippen LogP contribution in [0.4, 0.5) is 0 Å². The summed E-state index contributed by atoms with van der Waals surface area (Å²) in [4.78, 5) is 76.3. The molecule has 0 saturated carbocycles. The molecule has 8 rings (SSSR count). The summed E-state index contributed by atoms with van der Waals surface area (Å²) in [7, 11) is 1.60. The van der Waals surface area contributed by atoms with Crippen molar-refractivity contribution in [2.45, 2.75) is 266 Å². The van der Waals surface area contributed by atoms with Gasteiger partial charge < -0.3 is 9.47 Å². The van der Waals surface area contributed by atoms with Gasteiger partial charge >= 0.3 is 0 Å². The van der Waals surface area contributed by atoms with Gasteiger partial charge in [0.15, 0.2) is 34.7 Å². The number of unbranched alkanes of at least 4 members (excludes halogenated alkanes) is 13. The van der Waals surface area contributed by atoms with Crippen LogP contribution in [0.2, 0.25) is 0 Å². The number of carbonyl (C=O) groups is 7. The van der Waals surface area contributed by atoms with Crippen LogP contribution in [0.3, 0.4) is 0 Å². The molecule has 8 aromatic carbocycles. The molecule has 0 unspecified atom stereocenters. The van der Waals surface area contributed by atoms with Gasteiger partial charge in [0.1, 0.15) is 17.3 Å². The fourth-order valence-corrected chi connectivity index (χ4v) is 9.21. The van der Waals surface area contributed by atoms with Gasteiger partial charge in [-0.3, -0.25) is 33.6 Å². The summed E-state index contributed by atoms with van der Waals surface area (Å²) in [5.41, 5.74) is 9.60. The number of fused-ring (bicyclic) bond motifs is 1. The van der Waals surface area contributed by atoms with Crippen LogP contribution in [0.25, 0.3) is 10.8 Å². The Morgan fingerprint density at radius 2 is 0.596 bits per heavy atom. The number of methoxy groups -OCH3 is 1. The Kier molecular flexibility index (Phi) is 64.6. The molecule has 0 heterocycles. The van der Waals surface area contributed by atoms with E-state index in [9.17, 15) is 33.6 Å². The number of Topliss-reactive ketones (excluding diaryl/α,β-unsaturated/α-hetero) is 7. The van der Waals surface area contributed by atoms with E-state index in [1.807, 2.05) is 149 Å². The summed E-state index contributed by atoms with van der Waals surface area (Å²) < 4.78 is 10.2. The van der Waals surface area contributed by atoms with E-state index in [-0.39, 0.29) is 40.5 Å². The first-order chi connectivity index (χ1) is 49.9. The highest BCUT2D eigenvalue weighted by atomic mass is 16.5. The number of rotatable bonds is 28. The lowest BCUT2D eigenvalue weighted by molar-refractivity contribution is -0.116. The number of hydrogen-bond donors (Lipinski definition) is 0. The van der Waals surface area contributed by atoms with E-state index in [2.05, 4.69) is 79.7 Å². The van der Waals surface area contributed by atoms with E-state index in [4.69, 9.17) is 9.47 Å². The Balaban J connectivity index is -0.00000111. The van der Waals surface area contributed by atoms with Crippen LogP contribution in [-0.4, -0.2) is 54.2 Å². The third-order valence-electron chi connectivity index (χ3n) is 15.5. The molecule has 0 aromatic heterocycles. The molecule has 8 aromatic rings. The molecule has 0 aliphatic heterocycles. The normalized spacial score (nSPS) is 9.50. The second kappa shape index (κ2) is 67.5. The minimum atomic E-state index is 0.0765. The second-order valence-corrected chi connectivity index (χ2v) is 25.3. The molecular weight excluding hydrogens is 1290 g/mol. The highest BCUT2D eigenvalue weighted by Gasteiger charge is 2.04. The van der Waals surface area contributed by atoms with Crippen molar-refractivity contribution in [1.29, 1.82) is 0 Å². The fourth-order valence-electron chi connectivity index (χ4n) is 9.21. The van der Waals surface area contributed by atoms with E-state index in [0.717, 1.165) is 63.1 Å². The Morgan fingerprint density at radius 1 is 0.298 bits per heavy atom. The Morgan fingerprint density at radius 3 is 0.933 bits per heavy atom. The molecule has 0 aliphatic carbocycles. The molecule has 0 radical (unpaired) electrons. The zero-order valence-corrected chi connectivity index (χ0v) is 68.2. The van der Waals surface area contributed by atoms with Crippen LogP contribution in [0.15, 0.2) is 194 Å². The van der Waals surface area contributed by atoms with Crippen molar-refractivity contribution in [3.63, 3.8) is 0 Å². The summed E-state index contributed by atoms with van der Waals surface area (Å²) >= 11 is 0. The summed E-state index contributed by atoms with van der Waals surface area (Å²) in [6.45, 7) is 37.2. The average molecular weight is 1420 g/mol. The molecular formula is C95H136O9. The van der Waals surface area contributed by atoms with Crippen molar-refractivity contribution < 1.29 is 43.0 Å². The molecule has 0 amide bonds. The first-order valence-electron chi connectivity index (χ1n) is 38.6. The molecule has 0 spiro atoms. The summed E-state index contributed by atoms with van der Waals surface area (Å²) in [5.74, 6) is 2.49. The van der Waals surface area contributed by atoms with Crippen LogP contribution in [0, 0.1) is 6.92 Å². The van der Waals surface area contributed by atoms with Crippen LogP contribution >= 0.6 is 0 Å². The van der Waals surface area contributed by atoms with E-state index in [1.165, 1.54) is 138 Å². The summed E-state index contributed by atoms with van der Waals surface area (Å²) in [5, 5.41) is 2.29. The highest BCUT2D eigenvalue weighted by Crippen LogP contribution is 2.18. The van der Waals surface area contributed by atoms with Gasteiger partial charge in [-0.2, -0.15) is 0 Å². The van der Waals surface area contributed by atoms with Gasteiger partial charge in [0.25, 0.3) is 0 Å². The molecule has 0 N–H and O–H groups in total. The van der Waals surface area contributed by atoms with E-state index < -0.39 is 0 Å². The number of benzene rings is 8. The standard InChI is InChI=1S/C17H26O.C14H20O.C12H10O.C10H12O2.C9H10O2.2C9H10O.C6H14.C4H10.C3H8.C2H6/c1-3-4-5-6-7-8-9-10-16-11-13-17(14-12-16)15(2)18;1-3-4-5-6-7-13-8-10-14(11-9-13)12(2)15;1-9(13)11-7-6-10-4-2-3-5-12(10)8-11;1-3-12-10-6-4-9(5-7-10)8(2)11;1-7(10)8-3-5-9(11-2)6-4-8;1-7-3-5-9(6-4-7)8(2)10;1-8(10)7-9-5-3-2-4-6-9;1-3-5-6-4-2;1-3-4-2;1-3-2;1-2/h11-14H,3-10H2,1-2H3;8-11H,3-7H2,1-2H3;2-8H,1H3;4-7H,3H2,1-2H3;3-6H,1-2H3;3-6H,1-2H3;2-6H,7H2,1H3;3-6H2,1-2H3;3-4H2,1-2H3;3H2,1-2H3;1-2H3. The van der Waals surface area contributed by atoms with Gasteiger partial charge in [-0.1, -0.05) is 317 Å². The SMILES string of the molecule is CC.CC(=O)Cc1ccccc1.CC(=O)c1ccc(C)cc1.CC(=O)c1ccc2ccccc2c1.CCC.CCCC.CCCCCC.CCCCCCCCCc1ccc(C(C)=O)cc1.CCCCCCc1ccc(C(C)=O)cc1.CCOc1ccc(C(C)=O)cc1.COc1ccc(C(C)=O)cc1. The van der Waals surface area contributed by atoms with Crippen LogP contribution < -0.4 is 9.47 Å². The number of ether oxygens (including phenoxy) is 2. The third kappa shape index (κ3) is 54.0. The Hall–Kier alpha value is -8.69. The number of aryl methyl sites for hydroxylation is 3. The van der Waals surface area contributed by atoms with Gasteiger partial charge in [-0.15, -0.1) is 0 Å². The molecule has 570 valence electrons. The predicted molar refractivity (Wildman–Crippen MR) is 447 cm³/mol. The topological polar surface area (TPSA) is 138 Å². The molecule has 0 atom stereocenters. The maximum atomic E-state index is 11.1. The third-order valence-corrected chi connectivity index (χ3v) is 15.5. The molecule has 0 bridgehead atoms. The number of ketones is 7. The maximum Gasteiger partial charge on any atom is 0.159 e. The van der Waals surface area contributed by atoms with Crippen LogP contribution in [0.5, 0.6) is 11.5 Å². The van der Waals surface area contributed by atoms with Gasteiger partial charge in [-0.25, -0.2) is 0 Å². The summed E-state index contributed by atoms with van der Waals surface area (Å²) in [6, 6.07) is 61.4. The molecule has 0 fully saturated rings. The van der Waals surface area contributed by atoms with Gasteiger partial charge in [0.2, 0.25) is 0 Å². The minimum Gasteiger partial charge on any atom is -0.497 e. The lowest BCUT2D eigenvalue weighted by Crippen LogP contribution is -1.94. The molecule has 9 nitrogen and oxygen atoms in total. The average Bonchev–Trinajstić information content (AvgIpc) is 0.837. The quantitative estimate of drug-likeness (QED) is 0.0346. The molecule has 104 heavy (non-hydrogen) atoms. The highest BCUT2D eigenvalue weighted by molar-refractivity contribution is 5.99. The second-order valence-electron chi connectivity index (χ2n) is 25.3. The first-order valence-corrected chi connectivity index (χ1v) is 38.6. The molecule has 9 heteroatoms. The van der Waals surface area contributed by atoms with E-state index in [1.54, 1.807) is 104 Å². The number of carbonyl (C=O) groups excluding carboxylic acids is 7. The predicted octanol–water partition coefficient (Wildman–Crippen LogP) is 27.3. The smallest absolute Gasteiger partial charge is 0.159 e. The number of hydrogen-bond acceptors (Lipinski definition) is 9. The first kappa shape index (κ1) is 99.5. The van der Waals surface area contributed by atoms with E-state index >= 15 is 0 Å². The monoisotopic (exact) mass is 1420 g/mol. The van der Waals surface area contributed by atoms with Crippen molar-refractivity contribution in [3.05, 3.63) is 250 Å². The van der Waals surface area contributed by atoms with Gasteiger partial charge in [-0.05, 0) is 170 Å². The van der Waals surface area contributed by atoms with Crippen LogP contribution in [0.1, 0.15) is 325 Å². The van der Waals surface area contributed by atoms with Crippen LogP contribution in [-0.2, 0) is 24.1 Å². The van der Waals surface area contributed by atoms with Gasteiger partial charge in [0, 0.05) is 39.8 Å². The van der Waals surface area contributed by atoms with E-state index in [0.29, 0.717) is 18.6 Å². The zero-order valence-electron chi connectivity index (χ0n) is 68.2. The minimum absolute atomic E-state index is 0.0765. The largest absolute Gasteiger partial charge is 0.497 e. The molecule has 0 saturated heterocycles. The van der Waals surface area contributed by atoms with Gasteiger partial charge in [0.05, 0.1) is 13.7 Å². The van der Waals surface area contributed by atoms with Crippen molar-refractivity contribution in [2.24, 2.45) is 0 Å². The Bertz CT molecular complexity index is 3430. The fraction of sp³-hybridized carbons (Fsp3) is 0.442. The lowest BCUT2D eigenvalue weighted by Gasteiger charge is -2.03. The van der Waals surface area contributed by atoms with Crippen molar-refractivity contribution in [2.75, 3.05) is 13.7 Å².